The summed E-state index contributed by atoms with van der Waals surface area (Å²) in [5, 5.41) is 9.48. The molecule has 0 amide bonds. The van der Waals surface area contributed by atoms with Gasteiger partial charge in [-0.05, 0) is 6.92 Å². The van der Waals surface area contributed by atoms with Gasteiger partial charge in [-0.3, -0.25) is 4.79 Å². The van der Waals surface area contributed by atoms with Gasteiger partial charge in [0.25, 0.3) is 0 Å². The van der Waals surface area contributed by atoms with Gasteiger partial charge in [-0.25, -0.2) is 0 Å². The average Bonchev–Trinajstić information content (AvgIpc) is 2.04. The van der Waals surface area contributed by atoms with Gasteiger partial charge < -0.3 is 5.11 Å². The summed E-state index contributed by atoms with van der Waals surface area (Å²) in [4.78, 5) is 11.1. The third-order valence-electron chi connectivity index (χ3n) is 2.14. The van der Waals surface area contributed by atoms with Crippen LogP contribution in [0.25, 0.3) is 0 Å². The van der Waals surface area contributed by atoms with Gasteiger partial charge in [0.1, 0.15) is 0 Å². The molecule has 1 aromatic rings. The van der Waals surface area contributed by atoms with Gasteiger partial charge in [0.05, 0.1) is 0 Å². The van der Waals surface area contributed by atoms with Crippen molar-refractivity contribution in [3.05, 3.63) is 35.4 Å². The van der Waals surface area contributed by atoms with Crippen LogP contribution >= 0.6 is 0 Å². The van der Waals surface area contributed by atoms with Crippen molar-refractivity contribution >= 4 is 5.78 Å². The summed E-state index contributed by atoms with van der Waals surface area (Å²) in [7, 11) is 0. The molecule has 0 aliphatic heterocycles. The van der Waals surface area contributed by atoms with Crippen molar-refractivity contribution in [1.29, 1.82) is 0 Å². The lowest BCUT2D eigenvalue weighted by Crippen LogP contribution is -2.43. The van der Waals surface area contributed by atoms with Crippen molar-refractivity contribution < 1.29 is 9.90 Å². The van der Waals surface area contributed by atoms with Crippen LogP contribution in [0.1, 0.15) is 22.8 Å². The van der Waals surface area contributed by atoms with Gasteiger partial charge in [0.2, 0.25) is 0 Å². The maximum atomic E-state index is 11.1. The molecule has 2 rings (SSSR count). The molecule has 0 spiro atoms. The fourth-order valence-corrected chi connectivity index (χ4v) is 1.43. The number of benzene rings is 1. The van der Waals surface area contributed by atoms with Gasteiger partial charge in [-0.15, -0.1) is 0 Å². The first kappa shape index (κ1) is 6.55. The van der Waals surface area contributed by atoms with E-state index in [-0.39, 0.29) is 5.78 Å². The lowest BCUT2D eigenvalue weighted by atomic mass is 9.73. The summed E-state index contributed by atoms with van der Waals surface area (Å²) in [6.07, 6.45) is 0. The molecule has 1 unspecified atom stereocenters. The van der Waals surface area contributed by atoms with Crippen molar-refractivity contribution in [3.63, 3.8) is 0 Å². The van der Waals surface area contributed by atoms with E-state index in [1.807, 2.05) is 6.07 Å². The Bertz CT molecular complexity index is 326. The predicted molar refractivity (Wildman–Crippen MR) is 40.3 cm³/mol. The van der Waals surface area contributed by atoms with Crippen molar-refractivity contribution in [2.75, 3.05) is 0 Å². The van der Waals surface area contributed by atoms with Crippen LogP contribution in [0.2, 0.25) is 0 Å². The van der Waals surface area contributed by atoms with Crippen LogP contribution in [0.3, 0.4) is 0 Å². The van der Waals surface area contributed by atoms with E-state index in [0.29, 0.717) is 5.56 Å². The number of fused-ring (bicyclic) bond motifs is 1. The molecule has 0 heterocycles. The first-order valence-corrected chi connectivity index (χ1v) is 3.51. The summed E-state index contributed by atoms with van der Waals surface area (Å²) in [5.74, 6) is -0.173. The molecule has 1 atom stereocenters. The quantitative estimate of drug-likeness (QED) is 0.598. The van der Waals surface area contributed by atoms with Crippen LogP contribution in [0.4, 0.5) is 0 Å². The molecule has 1 aliphatic rings. The fraction of sp³-hybridized carbons (Fsp3) is 0.222. The number of carbonyl (C=O) groups excluding carboxylic acids is 1. The van der Waals surface area contributed by atoms with Gasteiger partial charge in [-0.2, -0.15) is 0 Å². The topological polar surface area (TPSA) is 37.3 Å². The first-order valence-electron chi connectivity index (χ1n) is 3.51. The van der Waals surface area contributed by atoms with E-state index in [2.05, 4.69) is 0 Å². The molecule has 56 valence electrons. The Balaban J connectivity index is 2.65. The summed E-state index contributed by atoms with van der Waals surface area (Å²) in [5.41, 5.74) is 0.166. The number of Topliss-reactive ketones (excluding diaryl/α,β-unsaturated/α-hetero) is 1. The number of aliphatic hydroxyl groups is 1. The van der Waals surface area contributed by atoms with Gasteiger partial charge >= 0.3 is 0 Å². The molecule has 11 heavy (non-hydrogen) atoms. The van der Waals surface area contributed by atoms with Crippen molar-refractivity contribution in [3.8, 4) is 0 Å². The third-order valence-corrected chi connectivity index (χ3v) is 2.14. The average molecular weight is 148 g/mol. The minimum absolute atomic E-state index is 0.173. The highest BCUT2D eigenvalue weighted by Gasteiger charge is 2.45. The zero-order valence-corrected chi connectivity index (χ0v) is 6.16. The van der Waals surface area contributed by atoms with E-state index in [1.54, 1.807) is 18.2 Å². The molecule has 2 heteroatoms. The van der Waals surface area contributed by atoms with Crippen molar-refractivity contribution in [2.45, 2.75) is 12.5 Å². The molecule has 0 radical (unpaired) electrons. The molecular weight excluding hydrogens is 140 g/mol. The van der Waals surface area contributed by atoms with Crippen LogP contribution in [0.15, 0.2) is 24.3 Å². The minimum Gasteiger partial charge on any atom is -0.377 e. The molecule has 1 N–H and O–H groups in total. The Morgan fingerprint density at radius 1 is 1.36 bits per heavy atom. The van der Waals surface area contributed by atoms with Gasteiger partial charge in [0, 0.05) is 11.1 Å². The Morgan fingerprint density at radius 2 is 2.00 bits per heavy atom. The molecule has 0 aromatic heterocycles. The summed E-state index contributed by atoms with van der Waals surface area (Å²) in [6, 6.07) is 7.12. The lowest BCUT2D eigenvalue weighted by molar-refractivity contribution is 0.0274. The second-order valence-electron chi connectivity index (χ2n) is 2.95. The molecule has 2 nitrogen and oxygen atoms in total. The monoisotopic (exact) mass is 148 g/mol. The Morgan fingerprint density at radius 3 is 2.64 bits per heavy atom. The Labute approximate surface area is 64.5 Å². The zero-order chi connectivity index (χ0) is 8.06. The Hall–Kier alpha value is -1.15. The van der Waals surface area contributed by atoms with Crippen molar-refractivity contribution in [1.82, 2.24) is 0 Å². The van der Waals surface area contributed by atoms with Gasteiger partial charge in [-0.1, -0.05) is 24.3 Å². The number of hydrogen-bond donors (Lipinski definition) is 1. The van der Waals surface area contributed by atoms with E-state index in [4.69, 9.17) is 0 Å². The molecule has 0 saturated carbocycles. The normalized spacial score (nSPS) is 27.6. The fourth-order valence-electron chi connectivity index (χ4n) is 1.43. The second-order valence-corrected chi connectivity index (χ2v) is 2.95. The van der Waals surface area contributed by atoms with Crippen LogP contribution in [-0.2, 0) is 5.60 Å². The standard InChI is InChI=1S/C9H8O2/c1-9(11)7-5-3-2-4-6(7)8(9)10/h2-5,11H,1H3. The van der Waals surface area contributed by atoms with E-state index < -0.39 is 5.60 Å². The molecule has 0 fully saturated rings. The zero-order valence-electron chi connectivity index (χ0n) is 6.16. The highest BCUT2D eigenvalue weighted by atomic mass is 16.3. The molecule has 0 bridgehead atoms. The van der Waals surface area contributed by atoms with Crippen LogP contribution < -0.4 is 0 Å². The largest absolute Gasteiger partial charge is 0.377 e. The molecule has 1 aromatic carbocycles. The number of hydrogen-bond acceptors (Lipinski definition) is 2. The molecule has 1 aliphatic carbocycles. The highest BCUT2D eigenvalue weighted by Crippen LogP contribution is 2.37. The minimum atomic E-state index is -1.23. The lowest BCUT2D eigenvalue weighted by Gasteiger charge is -2.33. The van der Waals surface area contributed by atoms with Gasteiger partial charge in [0.15, 0.2) is 11.4 Å². The van der Waals surface area contributed by atoms with Crippen molar-refractivity contribution in [2.24, 2.45) is 0 Å². The summed E-state index contributed by atoms with van der Waals surface area (Å²) in [6.45, 7) is 1.53. The predicted octanol–water partition coefficient (Wildman–Crippen LogP) is 1.09. The van der Waals surface area contributed by atoms with E-state index >= 15 is 0 Å². The number of ketones is 1. The first-order chi connectivity index (χ1) is 5.14. The van der Waals surface area contributed by atoms with Crippen LogP contribution in [0.5, 0.6) is 0 Å². The SMILES string of the molecule is CC1(O)C(=O)c2ccccc21. The van der Waals surface area contributed by atoms with Crippen LogP contribution in [0, 0.1) is 0 Å². The third kappa shape index (κ3) is 0.621. The number of carbonyl (C=O) groups is 1. The highest BCUT2D eigenvalue weighted by molar-refractivity contribution is 6.12. The Kier molecular flexibility index (Phi) is 1.02. The van der Waals surface area contributed by atoms with E-state index in [1.165, 1.54) is 6.92 Å². The molecular formula is C9H8O2. The summed E-state index contributed by atoms with van der Waals surface area (Å²) < 4.78 is 0. The smallest absolute Gasteiger partial charge is 0.199 e. The molecule has 0 saturated heterocycles. The maximum absolute atomic E-state index is 11.1. The van der Waals surface area contributed by atoms with E-state index in [0.717, 1.165) is 5.56 Å². The van der Waals surface area contributed by atoms with E-state index in [9.17, 15) is 9.90 Å². The second kappa shape index (κ2) is 1.71. The van der Waals surface area contributed by atoms with Crippen LogP contribution in [-0.4, -0.2) is 10.9 Å². The number of rotatable bonds is 0. The maximum Gasteiger partial charge on any atom is 0.199 e. The summed E-state index contributed by atoms with van der Waals surface area (Å²) >= 11 is 0.